The van der Waals surface area contributed by atoms with Gasteiger partial charge in [-0.15, -0.1) is 0 Å². The van der Waals surface area contributed by atoms with E-state index in [2.05, 4.69) is 5.10 Å². The van der Waals surface area contributed by atoms with Gasteiger partial charge in [-0.05, 0) is 25.5 Å². The SMILES string of the molecule is CCOC(=O)c1nn(-c2ccccc2C)cc1N. The Labute approximate surface area is 105 Å². The molecule has 0 bridgehead atoms. The van der Waals surface area contributed by atoms with Crippen LogP contribution in [0.3, 0.4) is 0 Å². The van der Waals surface area contributed by atoms with Gasteiger partial charge >= 0.3 is 5.97 Å². The molecule has 0 aliphatic carbocycles. The second-order valence-electron chi connectivity index (χ2n) is 3.88. The smallest absolute Gasteiger partial charge is 0.361 e. The van der Waals surface area contributed by atoms with E-state index in [0.717, 1.165) is 11.3 Å². The number of carbonyl (C=O) groups excluding carboxylic acids is 1. The molecule has 1 heterocycles. The molecular weight excluding hydrogens is 230 g/mol. The number of aryl methyl sites for hydroxylation is 1. The molecule has 0 fully saturated rings. The predicted molar refractivity (Wildman–Crippen MR) is 68.7 cm³/mol. The molecule has 0 unspecified atom stereocenters. The molecule has 94 valence electrons. The van der Waals surface area contributed by atoms with Crippen LogP contribution >= 0.6 is 0 Å². The molecule has 2 rings (SSSR count). The van der Waals surface area contributed by atoms with Crippen LogP contribution in [0.25, 0.3) is 5.69 Å². The van der Waals surface area contributed by atoms with Gasteiger partial charge in [-0.3, -0.25) is 0 Å². The summed E-state index contributed by atoms with van der Waals surface area (Å²) in [5, 5.41) is 4.18. The number of anilines is 1. The summed E-state index contributed by atoms with van der Waals surface area (Å²) in [5.41, 5.74) is 8.19. The first kappa shape index (κ1) is 12.2. The van der Waals surface area contributed by atoms with Gasteiger partial charge in [0.2, 0.25) is 0 Å². The average Bonchev–Trinajstić information content (AvgIpc) is 2.72. The number of esters is 1. The largest absolute Gasteiger partial charge is 0.461 e. The number of nitrogens with two attached hydrogens (primary N) is 1. The predicted octanol–water partition coefficient (Wildman–Crippen LogP) is 1.94. The zero-order valence-electron chi connectivity index (χ0n) is 10.4. The van der Waals surface area contributed by atoms with Crippen molar-refractivity contribution < 1.29 is 9.53 Å². The monoisotopic (exact) mass is 245 g/mol. The highest BCUT2D eigenvalue weighted by atomic mass is 16.5. The van der Waals surface area contributed by atoms with Crippen LogP contribution in [0, 0.1) is 6.92 Å². The first-order valence-corrected chi connectivity index (χ1v) is 5.71. The van der Waals surface area contributed by atoms with E-state index in [1.807, 2.05) is 31.2 Å². The van der Waals surface area contributed by atoms with Gasteiger partial charge in [-0.1, -0.05) is 18.2 Å². The average molecular weight is 245 g/mol. The van der Waals surface area contributed by atoms with Crippen molar-refractivity contribution in [1.82, 2.24) is 9.78 Å². The number of para-hydroxylation sites is 1. The van der Waals surface area contributed by atoms with Gasteiger partial charge in [-0.25, -0.2) is 9.48 Å². The van der Waals surface area contributed by atoms with Crippen LogP contribution in [0.4, 0.5) is 5.69 Å². The van der Waals surface area contributed by atoms with Crippen molar-refractivity contribution in [3.63, 3.8) is 0 Å². The maximum Gasteiger partial charge on any atom is 0.361 e. The number of benzene rings is 1. The van der Waals surface area contributed by atoms with Crippen LogP contribution in [-0.2, 0) is 4.74 Å². The van der Waals surface area contributed by atoms with Crippen LogP contribution in [0.1, 0.15) is 23.0 Å². The topological polar surface area (TPSA) is 70.1 Å². The zero-order chi connectivity index (χ0) is 13.1. The molecule has 0 spiro atoms. The van der Waals surface area contributed by atoms with E-state index in [0.29, 0.717) is 12.3 Å². The first-order chi connectivity index (χ1) is 8.63. The van der Waals surface area contributed by atoms with Gasteiger partial charge in [0.25, 0.3) is 0 Å². The number of hydrogen-bond acceptors (Lipinski definition) is 4. The van der Waals surface area contributed by atoms with Gasteiger partial charge in [0.05, 0.1) is 24.2 Å². The Kier molecular flexibility index (Phi) is 3.32. The maximum atomic E-state index is 11.6. The molecule has 1 aromatic heterocycles. The van der Waals surface area contributed by atoms with E-state index in [1.165, 1.54) is 0 Å². The van der Waals surface area contributed by atoms with Crippen molar-refractivity contribution in [2.75, 3.05) is 12.3 Å². The minimum Gasteiger partial charge on any atom is -0.461 e. The molecule has 0 radical (unpaired) electrons. The lowest BCUT2D eigenvalue weighted by Gasteiger charge is -2.04. The molecule has 1 aromatic carbocycles. The lowest BCUT2D eigenvalue weighted by molar-refractivity contribution is 0.0520. The normalized spacial score (nSPS) is 10.3. The molecule has 0 saturated carbocycles. The highest BCUT2D eigenvalue weighted by Gasteiger charge is 2.16. The fourth-order valence-electron chi connectivity index (χ4n) is 1.69. The van der Waals surface area contributed by atoms with Crippen LogP contribution in [0.2, 0.25) is 0 Å². The summed E-state index contributed by atoms with van der Waals surface area (Å²) in [5.74, 6) is -0.498. The number of aromatic nitrogens is 2. The van der Waals surface area contributed by atoms with Gasteiger partial charge in [-0.2, -0.15) is 5.10 Å². The van der Waals surface area contributed by atoms with E-state index in [1.54, 1.807) is 17.8 Å². The summed E-state index contributed by atoms with van der Waals surface area (Å²) >= 11 is 0. The van der Waals surface area contributed by atoms with Gasteiger partial charge < -0.3 is 10.5 Å². The third-order valence-electron chi connectivity index (χ3n) is 2.57. The minimum atomic E-state index is -0.498. The highest BCUT2D eigenvalue weighted by molar-refractivity contribution is 5.92. The Morgan fingerprint density at radius 3 is 2.83 bits per heavy atom. The van der Waals surface area contributed by atoms with Crippen LogP contribution in [0.5, 0.6) is 0 Å². The number of rotatable bonds is 3. The van der Waals surface area contributed by atoms with E-state index >= 15 is 0 Å². The molecule has 0 saturated heterocycles. The summed E-state index contributed by atoms with van der Waals surface area (Å²) in [7, 11) is 0. The molecule has 2 N–H and O–H groups in total. The summed E-state index contributed by atoms with van der Waals surface area (Å²) in [6.45, 7) is 4.01. The second-order valence-corrected chi connectivity index (χ2v) is 3.88. The fourth-order valence-corrected chi connectivity index (χ4v) is 1.69. The van der Waals surface area contributed by atoms with Crippen molar-refractivity contribution in [2.45, 2.75) is 13.8 Å². The minimum absolute atomic E-state index is 0.153. The Balaban J connectivity index is 2.41. The summed E-state index contributed by atoms with van der Waals surface area (Å²) in [6, 6.07) is 7.73. The Bertz CT molecular complexity index is 575. The molecule has 18 heavy (non-hydrogen) atoms. The van der Waals surface area contributed by atoms with Gasteiger partial charge in [0.15, 0.2) is 5.69 Å². The maximum absolute atomic E-state index is 11.6. The quantitative estimate of drug-likeness (QED) is 0.839. The highest BCUT2D eigenvalue weighted by Crippen LogP contribution is 2.17. The van der Waals surface area contributed by atoms with Crippen molar-refractivity contribution in [3.8, 4) is 5.69 Å². The molecule has 2 aromatic rings. The van der Waals surface area contributed by atoms with Gasteiger partial charge in [0.1, 0.15) is 0 Å². The van der Waals surface area contributed by atoms with Crippen LogP contribution in [0.15, 0.2) is 30.5 Å². The van der Waals surface area contributed by atoms with Crippen molar-refractivity contribution in [2.24, 2.45) is 0 Å². The molecule has 0 aliphatic rings. The van der Waals surface area contributed by atoms with Crippen LogP contribution in [-0.4, -0.2) is 22.4 Å². The molecule has 5 heteroatoms. The van der Waals surface area contributed by atoms with E-state index < -0.39 is 5.97 Å². The molecule has 0 atom stereocenters. The van der Waals surface area contributed by atoms with E-state index in [9.17, 15) is 4.79 Å². The standard InChI is InChI=1S/C13H15N3O2/c1-3-18-13(17)12-10(14)8-16(15-12)11-7-5-4-6-9(11)2/h4-8H,3,14H2,1-2H3. The molecular formula is C13H15N3O2. The second kappa shape index (κ2) is 4.91. The molecule has 5 nitrogen and oxygen atoms in total. The number of hydrogen-bond donors (Lipinski definition) is 1. The lowest BCUT2D eigenvalue weighted by Crippen LogP contribution is -2.08. The number of nitrogen functional groups attached to an aromatic ring is 1. The lowest BCUT2D eigenvalue weighted by atomic mass is 10.2. The van der Waals surface area contributed by atoms with E-state index in [4.69, 9.17) is 10.5 Å². The van der Waals surface area contributed by atoms with Crippen molar-refractivity contribution in [3.05, 3.63) is 41.7 Å². The Hall–Kier alpha value is -2.30. The number of ether oxygens (including phenoxy) is 1. The third-order valence-corrected chi connectivity index (χ3v) is 2.57. The fraction of sp³-hybridized carbons (Fsp3) is 0.231. The van der Waals surface area contributed by atoms with E-state index in [-0.39, 0.29) is 5.69 Å². The molecule has 0 amide bonds. The Morgan fingerprint density at radius 1 is 1.44 bits per heavy atom. The van der Waals surface area contributed by atoms with Crippen molar-refractivity contribution in [1.29, 1.82) is 0 Å². The zero-order valence-corrected chi connectivity index (χ0v) is 10.4. The Morgan fingerprint density at radius 2 is 2.17 bits per heavy atom. The molecule has 0 aliphatic heterocycles. The number of carbonyl (C=O) groups is 1. The summed E-state index contributed by atoms with van der Waals surface area (Å²) < 4.78 is 6.49. The van der Waals surface area contributed by atoms with Crippen molar-refractivity contribution >= 4 is 11.7 Å². The summed E-state index contributed by atoms with van der Waals surface area (Å²) in [6.07, 6.45) is 1.62. The van der Waals surface area contributed by atoms with Gasteiger partial charge in [0, 0.05) is 0 Å². The first-order valence-electron chi connectivity index (χ1n) is 5.71. The summed E-state index contributed by atoms with van der Waals surface area (Å²) in [4.78, 5) is 11.6. The third kappa shape index (κ3) is 2.20. The number of nitrogens with zero attached hydrogens (tertiary/aromatic N) is 2. The van der Waals surface area contributed by atoms with Crippen LogP contribution < -0.4 is 5.73 Å².